The van der Waals surface area contributed by atoms with Crippen LogP contribution in [0.15, 0.2) is 0 Å². The van der Waals surface area contributed by atoms with Gasteiger partial charge in [0.15, 0.2) is 0 Å². The van der Waals surface area contributed by atoms with Crippen LogP contribution in [0.25, 0.3) is 0 Å². The van der Waals surface area contributed by atoms with E-state index in [-0.39, 0.29) is 12.7 Å². The van der Waals surface area contributed by atoms with Gasteiger partial charge in [0.1, 0.15) is 5.60 Å². The fourth-order valence-corrected chi connectivity index (χ4v) is 3.77. The highest BCUT2D eigenvalue weighted by atomic mass is 16.6. The van der Waals surface area contributed by atoms with Crippen LogP contribution in [0.4, 0.5) is 4.79 Å². The van der Waals surface area contributed by atoms with Crippen LogP contribution >= 0.6 is 0 Å². The summed E-state index contributed by atoms with van der Waals surface area (Å²) in [7, 11) is 0. The number of carbonyl (C=O) groups is 1. The zero-order chi connectivity index (χ0) is 16.2. The lowest BCUT2D eigenvalue weighted by Gasteiger charge is -2.44. The molecule has 0 radical (unpaired) electrons. The van der Waals surface area contributed by atoms with Crippen molar-refractivity contribution in [3.63, 3.8) is 0 Å². The molecule has 0 aliphatic carbocycles. The molecule has 2 aliphatic heterocycles. The molecule has 0 unspecified atom stereocenters. The van der Waals surface area contributed by atoms with Crippen LogP contribution in [0.5, 0.6) is 0 Å². The van der Waals surface area contributed by atoms with Crippen molar-refractivity contribution < 1.29 is 14.6 Å². The number of β-amino-alcohol motifs (C(OH)–C–C–N with tert-alkyl or cyclic N) is 1. The van der Waals surface area contributed by atoms with Crippen LogP contribution < -0.4 is 0 Å². The summed E-state index contributed by atoms with van der Waals surface area (Å²) in [6.45, 7) is 9.39. The predicted octanol–water partition coefficient (Wildman–Crippen LogP) is 2.48. The maximum Gasteiger partial charge on any atom is 0.410 e. The Bertz CT molecular complexity index is 365. The minimum atomic E-state index is -0.433. The zero-order valence-corrected chi connectivity index (χ0v) is 14.4. The molecule has 2 heterocycles. The van der Waals surface area contributed by atoms with Gasteiger partial charge in [-0.15, -0.1) is 0 Å². The molecule has 2 atom stereocenters. The maximum atomic E-state index is 12.3. The van der Waals surface area contributed by atoms with E-state index < -0.39 is 5.60 Å². The third kappa shape index (κ3) is 4.85. The van der Waals surface area contributed by atoms with E-state index in [1.165, 1.54) is 25.7 Å². The molecule has 1 amide bonds. The number of aliphatic hydroxyl groups excluding tert-OH is 1. The van der Waals surface area contributed by atoms with Crippen molar-refractivity contribution in [1.29, 1.82) is 0 Å². The first kappa shape index (κ1) is 17.5. The van der Waals surface area contributed by atoms with Gasteiger partial charge in [-0.2, -0.15) is 0 Å². The van der Waals surface area contributed by atoms with Gasteiger partial charge in [-0.25, -0.2) is 4.79 Å². The van der Waals surface area contributed by atoms with Crippen molar-refractivity contribution in [2.45, 2.75) is 64.5 Å². The number of rotatable bonds is 3. The smallest absolute Gasteiger partial charge is 0.410 e. The normalized spacial score (nSPS) is 27.7. The topological polar surface area (TPSA) is 53.0 Å². The second-order valence-electron chi connectivity index (χ2n) is 7.65. The van der Waals surface area contributed by atoms with Gasteiger partial charge in [-0.3, -0.25) is 4.90 Å². The van der Waals surface area contributed by atoms with E-state index in [1.807, 2.05) is 25.7 Å². The van der Waals surface area contributed by atoms with Crippen molar-refractivity contribution in [2.75, 3.05) is 32.8 Å². The highest BCUT2D eigenvalue weighted by molar-refractivity contribution is 5.68. The lowest BCUT2D eigenvalue weighted by atomic mass is 9.84. The third-order valence-corrected chi connectivity index (χ3v) is 4.71. The van der Waals surface area contributed by atoms with Crippen molar-refractivity contribution in [1.82, 2.24) is 9.80 Å². The van der Waals surface area contributed by atoms with Crippen molar-refractivity contribution in [2.24, 2.45) is 5.92 Å². The largest absolute Gasteiger partial charge is 0.444 e. The molecule has 0 aromatic heterocycles. The summed E-state index contributed by atoms with van der Waals surface area (Å²) in [4.78, 5) is 16.6. The summed E-state index contributed by atoms with van der Waals surface area (Å²) in [6, 6.07) is 0.506. The van der Waals surface area contributed by atoms with Crippen LogP contribution in [0, 0.1) is 5.92 Å². The summed E-state index contributed by atoms with van der Waals surface area (Å²) in [5.74, 6) is 0.508. The Morgan fingerprint density at radius 1 is 1.18 bits per heavy atom. The van der Waals surface area contributed by atoms with E-state index in [9.17, 15) is 9.90 Å². The molecule has 5 nitrogen and oxygen atoms in total. The molecule has 0 bridgehead atoms. The number of hydrogen-bond acceptors (Lipinski definition) is 4. The highest BCUT2D eigenvalue weighted by Gasteiger charge is 2.35. The summed E-state index contributed by atoms with van der Waals surface area (Å²) in [6.07, 6.45) is 5.71. The average Bonchev–Trinajstić information content (AvgIpc) is 2.46. The van der Waals surface area contributed by atoms with E-state index in [2.05, 4.69) is 4.90 Å². The van der Waals surface area contributed by atoms with E-state index in [0.717, 1.165) is 32.6 Å². The number of amides is 1. The molecule has 22 heavy (non-hydrogen) atoms. The zero-order valence-electron chi connectivity index (χ0n) is 14.4. The van der Waals surface area contributed by atoms with E-state index >= 15 is 0 Å². The summed E-state index contributed by atoms with van der Waals surface area (Å²) < 4.78 is 5.52. The van der Waals surface area contributed by atoms with Crippen LogP contribution in [-0.2, 0) is 4.74 Å². The van der Waals surface area contributed by atoms with Crippen LogP contribution in [0.2, 0.25) is 0 Å². The molecule has 2 fully saturated rings. The molecular formula is C17H32N2O3. The Kier molecular flexibility index (Phi) is 6.09. The highest BCUT2D eigenvalue weighted by Crippen LogP contribution is 2.30. The monoisotopic (exact) mass is 312 g/mol. The average molecular weight is 312 g/mol. The summed E-state index contributed by atoms with van der Waals surface area (Å²) in [5, 5.41) is 9.28. The first-order chi connectivity index (χ1) is 10.4. The first-order valence-electron chi connectivity index (χ1n) is 8.73. The third-order valence-electron chi connectivity index (χ3n) is 4.71. The van der Waals surface area contributed by atoms with Crippen LogP contribution in [0.1, 0.15) is 52.9 Å². The van der Waals surface area contributed by atoms with Gasteiger partial charge in [-0.05, 0) is 58.9 Å². The quantitative estimate of drug-likeness (QED) is 0.870. The number of aliphatic hydroxyl groups is 1. The van der Waals surface area contributed by atoms with Gasteiger partial charge >= 0.3 is 6.09 Å². The first-order valence-corrected chi connectivity index (χ1v) is 8.73. The molecule has 2 saturated heterocycles. The minimum absolute atomic E-state index is 0.179. The fourth-order valence-electron chi connectivity index (χ4n) is 3.77. The van der Waals surface area contributed by atoms with E-state index in [4.69, 9.17) is 4.74 Å². The van der Waals surface area contributed by atoms with Gasteiger partial charge in [0, 0.05) is 25.7 Å². The number of nitrogens with zero attached hydrogens (tertiary/aromatic N) is 2. The van der Waals surface area contributed by atoms with Crippen molar-refractivity contribution >= 4 is 6.09 Å². The van der Waals surface area contributed by atoms with Crippen LogP contribution in [-0.4, -0.2) is 65.4 Å². The lowest BCUT2D eigenvalue weighted by molar-refractivity contribution is 0.00263. The molecule has 2 rings (SSSR count). The van der Waals surface area contributed by atoms with Gasteiger partial charge in [0.2, 0.25) is 0 Å². The SMILES string of the molecule is CC(C)(C)OC(=O)N1CCC[C@@H]([C@@H]2CCCCN2CCO)C1. The fraction of sp³-hybridized carbons (Fsp3) is 0.941. The Balaban J connectivity index is 1.95. The van der Waals surface area contributed by atoms with Crippen LogP contribution in [0.3, 0.4) is 0 Å². The second kappa shape index (κ2) is 7.64. The molecule has 0 aromatic rings. The molecule has 0 aromatic carbocycles. The Labute approximate surface area is 134 Å². The molecule has 5 heteroatoms. The van der Waals surface area contributed by atoms with Gasteiger partial charge < -0.3 is 14.7 Å². The number of likely N-dealkylation sites (tertiary alicyclic amines) is 2. The summed E-state index contributed by atoms with van der Waals surface area (Å²) in [5.41, 5.74) is -0.433. The van der Waals surface area contributed by atoms with Gasteiger partial charge in [0.25, 0.3) is 0 Å². The number of carbonyl (C=O) groups excluding carboxylic acids is 1. The number of ether oxygens (including phenoxy) is 1. The van der Waals surface area contributed by atoms with E-state index in [1.54, 1.807) is 0 Å². The molecular weight excluding hydrogens is 280 g/mol. The van der Waals surface area contributed by atoms with Crippen molar-refractivity contribution in [3.8, 4) is 0 Å². The lowest BCUT2D eigenvalue weighted by Crippen LogP contribution is -2.52. The Hall–Kier alpha value is -0.810. The Morgan fingerprint density at radius 3 is 2.64 bits per heavy atom. The number of piperidine rings is 2. The Morgan fingerprint density at radius 2 is 1.95 bits per heavy atom. The van der Waals surface area contributed by atoms with Crippen molar-refractivity contribution in [3.05, 3.63) is 0 Å². The standard InChI is InChI=1S/C17H32N2O3/c1-17(2,3)22-16(21)19-10-6-7-14(13-19)15-8-4-5-9-18(15)11-12-20/h14-15,20H,4-13H2,1-3H3/t14-,15+/m1/s1. The number of hydrogen-bond donors (Lipinski definition) is 1. The molecule has 128 valence electrons. The van der Waals surface area contributed by atoms with Gasteiger partial charge in [-0.1, -0.05) is 6.42 Å². The molecule has 1 N–H and O–H groups in total. The molecule has 0 saturated carbocycles. The minimum Gasteiger partial charge on any atom is -0.444 e. The molecule has 0 spiro atoms. The van der Waals surface area contributed by atoms with Gasteiger partial charge in [0.05, 0.1) is 6.61 Å². The summed E-state index contributed by atoms with van der Waals surface area (Å²) >= 11 is 0. The molecule has 2 aliphatic rings. The van der Waals surface area contributed by atoms with E-state index in [0.29, 0.717) is 12.0 Å². The second-order valence-corrected chi connectivity index (χ2v) is 7.65. The maximum absolute atomic E-state index is 12.3. The predicted molar refractivity (Wildman–Crippen MR) is 86.8 cm³/mol.